The number of benzene rings is 2. The average molecular weight is 384 g/mol. The molecule has 2 N–H and O–H groups in total. The van der Waals surface area contributed by atoms with Crippen LogP contribution >= 0.6 is 20.4 Å². The summed E-state index contributed by atoms with van der Waals surface area (Å²) in [6.45, 7) is 1.69. The van der Waals surface area contributed by atoms with Crippen LogP contribution in [0, 0.1) is 12.7 Å². The molecule has 134 valence electrons. The van der Waals surface area contributed by atoms with Crippen molar-refractivity contribution in [3.63, 3.8) is 0 Å². The normalized spacial score (nSPS) is 10.8. The minimum absolute atomic E-state index is 0.0232. The van der Waals surface area contributed by atoms with Gasteiger partial charge in [0, 0.05) is 10.5 Å². The van der Waals surface area contributed by atoms with Crippen molar-refractivity contribution in [1.82, 2.24) is 0 Å². The topological polar surface area (TPSA) is 76.0 Å². The summed E-state index contributed by atoms with van der Waals surface area (Å²) in [5.74, 6) is -0.574. The van der Waals surface area contributed by atoms with Gasteiger partial charge in [0.05, 0.1) is 6.42 Å². The molecule has 8 heteroatoms. The van der Waals surface area contributed by atoms with Crippen LogP contribution in [-0.4, -0.2) is 22.0 Å². The molecule has 0 spiro atoms. The van der Waals surface area contributed by atoms with Crippen LogP contribution in [0.4, 0.5) is 4.39 Å². The van der Waals surface area contributed by atoms with Crippen LogP contribution < -0.4 is 4.52 Å². The SMILES string of the molecule is CSc1cc(C)cc(F)c1COC(=O)Cc1ccc(OP(O)O)cc1. The molecule has 0 unspecified atom stereocenters. The molecule has 0 saturated carbocycles. The Kier molecular flexibility index (Phi) is 7.20. The summed E-state index contributed by atoms with van der Waals surface area (Å²) in [4.78, 5) is 30.3. The maximum absolute atomic E-state index is 14.1. The number of carbonyl (C=O) groups excluding carboxylic acids is 1. The molecule has 0 aromatic heterocycles. The van der Waals surface area contributed by atoms with E-state index in [4.69, 9.17) is 19.0 Å². The van der Waals surface area contributed by atoms with E-state index in [0.717, 1.165) is 10.5 Å². The number of halogens is 1. The molecule has 0 radical (unpaired) electrons. The van der Waals surface area contributed by atoms with Crippen molar-refractivity contribution >= 4 is 26.3 Å². The van der Waals surface area contributed by atoms with Crippen LogP contribution in [0.1, 0.15) is 16.7 Å². The Hall–Kier alpha value is -1.66. The first-order valence-electron chi connectivity index (χ1n) is 7.32. The number of hydrogen-bond donors (Lipinski definition) is 2. The van der Waals surface area contributed by atoms with Crippen molar-refractivity contribution in [2.24, 2.45) is 0 Å². The van der Waals surface area contributed by atoms with Gasteiger partial charge in [0.25, 0.3) is 0 Å². The maximum Gasteiger partial charge on any atom is 0.391 e. The predicted octanol–water partition coefficient (Wildman–Crippen LogP) is 3.73. The number of thioether (sulfide) groups is 1. The zero-order valence-corrected chi connectivity index (χ0v) is 15.4. The lowest BCUT2D eigenvalue weighted by Crippen LogP contribution is -2.09. The Labute approximate surface area is 150 Å². The van der Waals surface area contributed by atoms with Gasteiger partial charge in [-0.1, -0.05) is 12.1 Å². The number of hydrogen-bond acceptors (Lipinski definition) is 6. The molecule has 0 aliphatic heterocycles. The molecule has 0 heterocycles. The van der Waals surface area contributed by atoms with Crippen molar-refractivity contribution in [2.45, 2.75) is 24.8 Å². The van der Waals surface area contributed by atoms with E-state index < -0.39 is 14.6 Å². The van der Waals surface area contributed by atoms with Crippen molar-refractivity contribution < 1.29 is 28.2 Å². The minimum Gasteiger partial charge on any atom is -0.460 e. The molecule has 0 aliphatic rings. The van der Waals surface area contributed by atoms with E-state index in [1.807, 2.05) is 19.2 Å². The fraction of sp³-hybridized carbons (Fsp3) is 0.235. The van der Waals surface area contributed by atoms with Gasteiger partial charge in [0.1, 0.15) is 18.2 Å². The summed E-state index contributed by atoms with van der Waals surface area (Å²) in [5, 5.41) is 0. The molecule has 0 bridgehead atoms. The predicted molar refractivity (Wildman–Crippen MR) is 94.8 cm³/mol. The molecule has 0 saturated heterocycles. The molecular weight excluding hydrogens is 366 g/mol. The first-order valence-corrected chi connectivity index (χ1v) is 9.71. The number of rotatable bonds is 7. The van der Waals surface area contributed by atoms with Crippen molar-refractivity contribution in [3.05, 3.63) is 58.9 Å². The van der Waals surface area contributed by atoms with Gasteiger partial charge in [-0.05, 0) is 48.6 Å². The molecule has 25 heavy (non-hydrogen) atoms. The second-order valence-electron chi connectivity index (χ2n) is 5.25. The van der Waals surface area contributed by atoms with Crippen molar-refractivity contribution in [3.8, 4) is 5.75 Å². The van der Waals surface area contributed by atoms with Gasteiger partial charge in [0.15, 0.2) is 0 Å². The van der Waals surface area contributed by atoms with Gasteiger partial charge < -0.3 is 19.0 Å². The van der Waals surface area contributed by atoms with E-state index in [1.165, 1.54) is 30.0 Å². The van der Waals surface area contributed by atoms with E-state index in [1.54, 1.807) is 12.1 Å². The fourth-order valence-corrected chi connectivity index (χ4v) is 3.21. The fourth-order valence-electron chi connectivity index (χ4n) is 2.20. The number of aryl methyl sites for hydroxylation is 1. The minimum atomic E-state index is -2.47. The van der Waals surface area contributed by atoms with Crippen LogP contribution in [-0.2, 0) is 22.6 Å². The van der Waals surface area contributed by atoms with Crippen LogP contribution in [0.25, 0.3) is 0 Å². The number of carbonyl (C=O) groups is 1. The molecule has 2 aromatic rings. The molecule has 2 rings (SSSR count). The zero-order chi connectivity index (χ0) is 18.4. The summed E-state index contributed by atoms with van der Waals surface area (Å²) >= 11 is 1.40. The molecule has 0 atom stereocenters. The highest BCUT2D eigenvalue weighted by Crippen LogP contribution is 2.29. The van der Waals surface area contributed by atoms with E-state index in [9.17, 15) is 9.18 Å². The molecule has 2 aromatic carbocycles. The molecule has 0 amide bonds. The monoisotopic (exact) mass is 384 g/mol. The quantitative estimate of drug-likeness (QED) is 0.430. The Bertz CT molecular complexity index is 737. The lowest BCUT2D eigenvalue weighted by atomic mass is 10.1. The number of ether oxygens (including phenoxy) is 1. The highest BCUT2D eigenvalue weighted by molar-refractivity contribution is 7.98. The third-order valence-electron chi connectivity index (χ3n) is 3.36. The van der Waals surface area contributed by atoms with Gasteiger partial charge >= 0.3 is 14.6 Å². The summed E-state index contributed by atoms with van der Waals surface area (Å²) < 4.78 is 24.0. The van der Waals surface area contributed by atoms with E-state index in [0.29, 0.717) is 16.9 Å². The number of esters is 1. The second-order valence-corrected chi connectivity index (χ2v) is 6.79. The standard InChI is InChI=1S/C17H18FO5PS/c1-11-7-15(18)14(16(8-11)25-2)10-22-17(19)9-12-3-5-13(6-4-12)23-24(20)21/h3-8,20-21H,9-10H2,1-2H3. The van der Waals surface area contributed by atoms with E-state index in [2.05, 4.69) is 0 Å². The van der Waals surface area contributed by atoms with Crippen molar-refractivity contribution in [1.29, 1.82) is 0 Å². The Balaban J connectivity index is 1.95. The van der Waals surface area contributed by atoms with E-state index >= 15 is 0 Å². The zero-order valence-electron chi connectivity index (χ0n) is 13.7. The third-order valence-corrected chi connectivity index (χ3v) is 4.53. The Morgan fingerprint density at radius 2 is 1.92 bits per heavy atom. The summed E-state index contributed by atoms with van der Waals surface area (Å²) in [7, 11) is -2.47. The Morgan fingerprint density at radius 1 is 1.24 bits per heavy atom. The maximum atomic E-state index is 14.1. The second kappa shape index (κ2) is 9.15. The average Bonchev–Trinajstić information content (AvgIpc) is 2.54. The summed E-state index contributed by atoms with van der Waals surface area (Å²) in [6.07, 6.45) is 1.86. The molecule has 5 nitrogen and oxygen atoms in total. The largest absolute Gasteiger partial charge is 0.460 e. The Morgan fingerprint density at radius 3 is 2.52 bits per heavy atom. The summed E-state index contributed by atoms with van der Waals surface area (Å²) in [5.41, 5.74) is 1.86. The first-order chi connectivity index (χ1) is 11.9. The van der Waals surface area contributed by atoms with Gasteiger partial charge in [-0.25, -0.2) is 4.39 Å². The van der Waals surface area contributed by atoms with Gasteiger partial charge in [-0.3, -0.25) is 4.79 Å². The van der Waals surface area contributed by atoms with Crippen LogP contribution in [0.5, 0.6) is 5.75 Å². The lowest BCUT2D eigenvalue weighted by molar-refractivity contribution is -0.144. The molecule has 0 aliphatic carbocycles. The van der Waals surface area contributed by atoms with Gasteiger partial charge in [-0.15, -0.1) is 11.8 Å². The van der Waals surface area contributed by atoms with Gasteiger partial charge in [0.2, 0.25) is 0 Å². The van der Waals surface area contributed by atoms with Crippen LogP contribution in [0.2, 0.25) is 0 Å². The third kappa shape index (κ3) is 5.97. The highest BCUT2D eigenvalue weighted by Gasteiger charge is 2.13. The van der Waals surface area contributed by atoms with Crippen molar-refractivity contribution in [2.75, 3.05) is 6.26 Å². The summed E-state index contributed by atoms with van der Waals surface area (Å²) in [6, 6.07) is 9.56. The highest BCUT2D eigenvalue weighted by atomic mass is 32.2. The smallest absolute Gasteiger partial charge is 0.391 e. The van der Waals surface area contributed by atoms with Gasteiger partial charge in [-0.2, -0.15) is 0 Å². The first kappa shape index (κ1) is 19.7. The van der Waals surface area contributed by atoms with E-state index in [-0.39, 0.29) is 18.8 Å². The van der Waals surface area contributed by atoms with Crippen LogP contribution in [0.3, 0.4) is 0 Å². The molecule has 0 fully saturated rings. The molecular formula is C17H18FO5PS. The van der Waals surface area contributed by atoms with Crippen LogP contribution in [0.15, 0.2) is 41.3 Å². The lowest BCUT2D eigenvalue weighted by Gasteiger charge is -2.11.